The number of rotatable bonds is 40. The van der Waals surface area contributed by atoms with Crippen LogP contribution in [0, 0.1) is 0 Å². The van der Waals surface area contributed by atoms with Crippen molar-refractivity contribution in [1.29, 1.82) is 0 Å². The Morgan fingerprint density at radius 1 is 0.614 bits per heavy atom. The van der Waals surface area contributed by atoms with E-state index >= 15 is 0 Å². The van der Waals surface area contributed by atoms with Crippen LogP contribution in [-0.2, 0) is 37.5 Å². The zero-order valence-electron chi connectivity index (χ0n) is 35.3. The van der Waals surface area contributed by atoms with Gasteiger partial charge in [0.15, 0.2) is 6.10 Å². The molecule has 330 valence electrons. The van der Waals surface area contributed by atoms with Crippen molar-refractivity contribution in [3.63, 3.8) is 0 Å². The van der Waals surface area contributed by atoms with Crippen molar-refractivity contribution in [2.45, 2.75) is 193 Å². The smallest absolute Gasteiger partial charge is 0.472 e. The lowest BCUT2D eigenvalue weighted by Crippen LogP contribution is -2.34. The summed E-state index contributed by atoms with van der Waals surface area (Å²) in [5.74, 6) is -2.47. The molecule has 12 nitrogen and oxygen atoms in total. The monoisotopic (exact) mass is 828 g/mol. The molecule has 5 N–H and O–H groups in total. The number of carbonyl (C=O) groups excluding carboxylic acids is 2. The van der Waals surface area contributed by atoms with Crippen LogP contribution >= 0.6 is 7.82 Å². The average Bonchev–Trinajstić information content (AvgIpc) is 3.19. The van der Waals surface area contributed by atoms with Crippen molar-refractivity contribution < 1.29 is 52.6 Å². The Morgan fingerprint density at radius 2 is 1.07 bits per heavy atom. The van der Waals surface area contributed by atoms with Crippen molar-refractivity contribution in [2.24, 2.45) is 5.73 Å². The van der Waals surface area contributed by atoms with E-state index in [0.717, 1.165) is 57.8 Å². The second kappa shape index (κ2) is 38.9. The molecular weight excluding hydrogens is 749 g/mol. The first-order valence-electron chi connectivity index (χ1n) is 21.7. The number of aliphatic carboxylic acids is 1. The van der Waals surface area contributed by atoms with E-state index in [4.69, 9.17) is 24.8 Å². The van der Waals surface area contributed by atoms with E-state index in [1.807, 2.05) is 19.1 Å². The Morgan fingerprint density at radius 3 is 1.58 bits per heavy atom. The first kappa shape index (κ1) is 54.4. The fraction of sp³-hybridized carbons (Fsp3) is 0.750. The zero-order valence-corrected chi connectivity index (χ0v) is 36.2. The largest absolute Gasteiger partial charge is 0.480 e. The van der Waals surface area contributed by atoms with E-state index < -0.39 is 51.1 Å². The molecule has 0 amide bonds. The number of allylic oxidation sites excluding steroid dienone is 8. The summed E-state index contributed by atoms with van der Waals surface area (Å²) >= 11 is 0. The summed E-state index contributed by atoms with van der Waals surface area (Å²) in [7, 11) is -4.74. The van der Waals surface area contributed by atoms with E-state index in [0.29, 0.717) is 19.3 Å². The number of aliphatic hydroxyl groups is 1. The normalized spacial score (nSPS) is 14.8. The Balaban J connectivity index is 4.47. The number of aliphatic hydroxyl groups excluding tert-OH is 1. The van der Waals surface area contributed by atoms with Gasteiger partial charge in [0.25, 0.3) is 0 Å². The predicted molar refractivity (Wildman–Crippen MR) is 228 cm³/mol. The zero-order chi connectivity index (χ0) is 42.2. The highest BCUT2D eigenvalue weighted by atomic mass is 31.2. The molecule has 0 aliphatic carbocycles. The number of hydrogen-bond acceptors (Lipinski definition) is 10. The minimum absolute atomic E-state index is 0.0723. The van der Waals surface area contributed by atoms with E-state index in [1.54, 1.807) is 0 Å². The average molecular weight is 828 g/mol. The van der Waals surface area contributed by atoms with Crippen LogP contribution in [0.15, 0.2) is 48.6 Å². The van der Waals surface area contributed by atoms with Crippen LogP contribution in [0.2, 0.25) is 0 Å². The predicted octanol–water partition coefficient (Wildman–Crippen LogP) is 10.4. The molecule has 0 spiro atoms. The molecule has 0 rings (SSSR count). The van der Waals surface area contributed by atoms with Gasteiger partial charge in [-0.3, -0.25) is 23.4 Å². The number of unbranched alkanes of at least 4 members (excludes halogenated alkanes) is 15. The van der Waals surface area contributed by atoms with Gasteiger partial charge in [0, 0.05) is 12.8 Å². The molecule has 0 radical (unpaired) electrons. The van der Waals surface area contributed by atoms with Crippen LogP contribution in [0.3, 0.4) is 0 Å². The highest BCUT2D eigenvalue weighted by Gasteiger charge is 2.28. The standard InChI is InChI=1S/C44H78NO11P/c1-3-5-6-7-8-9-10-11-12-16-19-22-25-28-31-34-42(47)53-36-40(37-54-57(51,52)55-38-41(45)44(49)50)56-43(48)35-32-29-26-23-20-17-14-13-15-18-21-24-27-30-33-39(46)4-2/h14-15,17-18,23-24,26-27,39-41,46H,3-13,16,19-22,25,28-38,45H2,1-2H3,(H,49,50)(H,51,52). The number of phosphoric acid groups is 1. The summed E-state index contributed by atoms with van der Waals surface area (Å²) in [6, 6.07) is -1.54. The maximum atomic E-state index is 12.6. The lowest BCUT2D eigenvalue weighted by molar-refractivity contribution is -0.161. The van der Waals surface area contributed by atoms with Gasteiger partial charge in [-0.05, 0) is 57.8 Å². The molecule has 0 saturated carbocycles. The quantitative estimate of drug-likeness (QED) is 0.0198. The van der Waals surface area contributed by atoms with Crippen LogP contribution in [0.25, 0.3) is 0 Å². The second-order valence-electron chi connectivity index (χ2n) is 14.6. The van der Waals surface area contributed by atoms with Gasteiger partial charge in [0.2, 0.25) is 0 Å². The van der Waals surface area contributed by atoms with Crippen LogP contribution in [0.5, 0.6) is 0 Å². The molecule has 0 aromatic heterocycles. The number of carboxylic acid groups (broad SMARTS) is 1. The number of phosphoric ester groups is 1. The van der Waals surface area contributed by atoms with Crippen LogP contribution < -0.4 is 5.73 Å². The molecule has 4 unspecified atom stereocenters. The van der Waals surface area contributed by atoms with E-state index in [1.165, 1.54) is 70.6 Å². The highest BCUT2D eigenvalue weighted by molar-refractivity contribution is 7.47. The van der Waals surface area contributed by atoms with E-state index in [9.17, 15) is 28.9 Å². The first-order valence-corrected chi connectivity index (χ1v) is 23.2. The van der Waals surface area contributed by atoms with Gasteiger partial charge < -0.3 is 30.3 Å². The molecule has 0 aliphatic heterocycles. The highest BCUT2D eigenvalue weighted by Crippen LogP contribution is 2.43. The summed E-state index contributed by atoms with van der Waals surface area (Å²) < 4.78 is 32.6. The molecule has 0 aliphatic rings. The van der Waals surface area contributed by atoms with E-state index in [-0.39, 0.29) is 25.6 Å². The van der Waals surface area contributed by atoms with Crippen molar-refractivity contribution in [1.82, 2.24) is 0 Å². The summed E-state index contributed by atoms with van der Waals surface area (Å²) in [4.78, 5) is 45.9. The van der Waals surface area contributed by atoms with Crippen LogP contribution in [0.1, 0.15) is 174 Å². The Kier molecular flexibility index (Phi) is 37.1. The number of esters is 2. The van der Waals surface area contributed by atoms with Crippen molar-refractivity contribution in [3.8, 4) is 0 Å². The fourth-order valence-corrected chi connectivity index (χ4v) is 6.40. The van der Waals surface area contributed by atoms with Crippen LogP contribution in [-0.4, -0.2) is 71.1 Å². The lowest BCUT2D eigenvalue weighted by Gasteiger charge is -2.20. The SMILES string of the molecule is CCCCCCCCCCCCCCCCCC(=O)OCC(COP(=O)(O)OCC(N)C(=O)O)OC(=O)CCCC=CCC=CCC=CCC=CCCC(O)CC. The number of hydrogen-bond donors (Lipinski definition) is 4. The third-order valence-electron chi connectivity index (χ3n) is 9.24. The van der Waals surface area contributed by atoms with Crippen molar-refractivity contribution in [3.05, 3.63) is 48.6 Å². The molecule has 0 bridgehead atoms. The molecule has 0 aromatic carbocycles. The number of ether oxygens (including phenoxy) is 2. The number of carboxylic acids is 1. The third kappa shape index (κ3) is 38.7. The Labute approximate surface area is 344 Å². The molecular formula is C44H78NO11P. The Hall–Kier alpha value is -2.60. The van der Waals surface area contributed by atoms with Gasteiger partial charge >= 0.3 is 25.7 Å². The van der Waals surface area contributed by atoms with Crippen molar-refractivity contribution in [2.75, 3.05) is 19.8 Å². The van der Waals surface area contributed by atoms with E-state index in [2.05, 4.69) is 47.9 Å². The topological polar surface area (TPSA) is 192 Å². The summed E-state index contributed by atoms with van der Waals surface area (Å²) in [5, 5.41) is 18.4. The second-order valence-corrected chi connectivity index (χ2v) is 16.1. The minimum Gasteiger partial charge on any atom is -0.480 e. The molecule has 0 fully saturated rings. The van der Waals surface area contributed by atoms with Crippen molar-refractivity contribution >= 4 is 25.7 Å². The summed E-state index contributed by atoms with van der Waals surface area (Å²) in [5.41, 5.74) is 5.32. The lowest BCUT2D eigenvalue weighted by atomic mass is 10.0. The Bertz CT molecular complexity index is 1170. The molecule has 13 heteroatoms. The van der Waals surface area contributed by atoms with Gasteiger partial charge in [-0.1, -0.05) is 152 Å². The van der Waals surface area contributed by atoms with Gasteiger partial charge in [0.05, 0.1) is 19.3 Å². The molecule has 0 heterocycles. The first-order chi connectivity index (χ1) is 27.5. The number of carbonyl (C=O) groups is 3. The summed E-state index contributed by atoms with van der Waals surface area (Å²) in [6.45, 7) is 2.46. The molecule has 0 aromatic rings. The molecule has 57 heavy (non-hydrogen) atoms. The minimum atomic E-state index is -4.74. The molecule has 4 atom stereocenters. The van der Waals surface area contributed by atoms with Gasteiger partial charge in [-0.15, -0.1) is 0 Å². The van der Waals surface area contributed by atoms with Gasteiger partial charge in [-0.2, -0.15) is 0 Å². The maximum Gasteiger partial charge on any atom is 0.472 e. The summed E-state index contributed by atoms with van der Waals surface area (Å²) in [6.07, 6.45) is 39.8. The molecule has 0 saturated heterocycles. The maximum absolute atomic E-state index is 12.6. The third-order valence-corrected chi connectivity index (χ3v) is 10.2. The van der Waals surface area contributed by atoms with Crippen LogP contribution in [0.4, 0.5) is 0 Å². The van der Waals surface area contributed by atoms with Gasteiger partial charge in [0.1, 0.15) is 12.6 Å². The van der Waals surface area contributed by atoms with Gasteiger partial charge in [-0.25, -0.2) is 4.57 Å². The number of nitrogens with two attached hydrogens (primary N) is 1. The fourth-order valence-electron chi connectivity index (χ4n) is 5.63.